The summed E-state index contributed by atoms with van der Waals surface area (Å²) in [4.78, 5) is -0.568. The van der Waals surface area contributed by atoms with Crippen LogP contribution in [0.2, 0.25) is 5.02 Å². The van der Waals surface area contributed by atoms with E-state index in [0.29, 0.717) is 0 Å². The monoisotopic (exact) mass is 310 g/mol. The normalized spacial score (nSPS) is 12.1. The number of halogens is 2. The molecule has 1 aromatic rings. The summed E-state index contributed by atoms with van der Waals surface area (Å²) in [6, 6.07) is 2.16. The number of benzene rings is 1. The van der Waals surface area contributed by atoms with E-state index in [9.17, 15) is 12.8 Å². The molecule has 0 amide bonds. The zero-order valence-electron chi connectivity index (χ0n) is 10.6. The van der Waals surface area contributed by atoms with Crippen LogP contribution in [0.15, 0.2) is 17.0 Å². The van der Waals surface area contributed by atoms with Crippen LogP contribution in [0.5, 0.6) is 0 Å². The van der Waals surface area contributed by atoms with Gasteiger partial charge in [0.2, 0.25) is 10.0 Å². The van der Waals surface area contributed by atoms with E-state index in [2.05, 4.69) is 4.72 Å². The second-order valence-corrected chi connectivity index (χ2v) is 6.30. The molecule has 0 unspecified atom stereocenters. The first-order chi connectivity index (χ1) is 8.74. The lowest BCUT2D eigenvalue weighted by Gasteiger charge is -2.11. The van der Waals surface area contributed by atoms with Crippen LogP contribution in [0, 0.1) is 5.82 Å². The van der Waals surface area contributed by atoms with Gasteiger partial charge in [0.1, 0.15) is 4.90 Å². The molecule has 0 atom stereocenters. The summed E-state index contributed by atoms with van der Waals surface area (Å²) in [5.74, 6) is -1.01. The van der Waals surface area contributed by atoms with Crippen LogP contribution in [0.25, 0.3) is 0 Å². The predicted octanol–water partition coefficient (Wildman–Crippen LogP) is 1.76. The second kappa shape index (κ2) is 6.51. The first kappa shape index (κ1) is 16.2. The summed E-state index contributed by atoms with van der Waals surface area (Å²) < 4.78 is 44.8. The Bertz CT molecular complexity index is 549. The molecule has 0 bridgehead atoms. The van der Waals surface area contributed by atoms with Crippen molar-refractivity contribution in [1.82, 2.24) is 4.72 Å². The maximum Gasteiger partial charge on any atom is 0.243 e. The summed E-state index contributed by atoms with van der Waals surface area (Å²) in [5, 5.41) is 0.0534. The van der Waals surface area contributed by atoms with Gasteiger partial charge in [-0.2, -0.15) is 0 Å². The number of hydrogen-bond donors (Lipinski definition) is 2. The van der Waals surface area contributed by atoms with Crippen LogP contribution in [-0.4, -0.2) is 27.7 Å². The van der Waals surface area contributed by atoms with Gasteiger partial charge >= 0.3 is 0 Å². The van der Waals surface area contributed by atoms with E-state index in [1.54, 1.807) is 0 Å². The summed E-state index contributed by atoms with van der Waals surface area (Å²) in [6.45, 7) is 3.87. The molecule has 0 aromatic heterocycles. The molecule has 0 aliphatic heterocycles. The maximum atomic E-state index is 13.7. The molecular weight excluding hydrogens is 295 g/mol. The quantitative estimate of drug-likeness (QED) is 0.620. The highest BCUT2D eigenvalue weighted by Crippen LogP contribution is 2.24. The van der Waals surface area contributed by atoms with Crippen molar-refractivity contribution in [3.05, 3.63) is 23.0 Å². The zero-order chi connectivity index (χ0) is 14.6. The lowest BCUT2D eigenvalue weighted by atomic mass is 10.3. The number of nitrogens with two attached hydrogens (primary N) is 1. The Labute approximate surface area is 116 Å². The van der Waals surface area contributed by atoms with Crippen molar-refractivity contribution in [2.24, 2.45) is 0 Å². The van der Waals surface area contributed by atoms with Crippen LogP contribution in [-0.2, 0) is 14.8 Å². The van der Waals surface area contributed by atoms with Crippen molar-refractivity contribution in [3.8, 4) is 0 Å². The van der Waals surface area contributed by atoms with Crippen molar-refractivity contribution in [2.45, 2.75) is 24.8 Å². The van der Waals surface area contributed by atoms with Crippen LogP contribution < -0.4 is 10.5 Å². The average Bonchev–Trinajstić information content (AvgIpc) is 2.29. The van der Waals surface area contributed by atoms with Crippen molar-refractivity contribution < 1.29 is 17.5 Å². The molecule has 5 nitrogen and oxygen atoms in total. The molecule has 0 fully saturated rings. The number of hydrogen-bond acceptors (Lipinski definition) is 4. The fraction of sp³-hybridized carbons (Fsp3) is 0.455. The molecule has 0 aliphatic carbocycles. The van der Waals surface area contributed by atoms with E-state index in [-0.39, 0.29) is 30.0 Å². The molecule has 1 aromatic carbocycles. The number of nitrogens with one attached hydrogen (secondary N) is 1. The van der Waals surface area contributed by atoms with Crippen LogP contribution >= 0.6 is 11.6 Å². The molecule has 1 rings (SSSR count). The summed E-state index contributed by atoms with van der Waals surface area (Å²) in [5.41, 5.74) is 5.02. The van der Waals surface area contributed by atoms with E-state index in [1.807, 2.05) is 13.8 Å². The van der Waals surface area contributed by atoms with Gasteiger partial charge in [0.25, 0.3) is 0 Å². The molecule has 0 saturated heterocycles. The summed E-state index contributed by atoms with van der Waals surface area (Å²) in [7, 11) is -4.00. The first-order valence-electron chi connectivity index (χ1n) is 5.60. The number of anilines is 1. The Morgan fingerprint density at radius 2 is 2.11 bits per heavy atom. The van der Waals surface area contributed by atoms with E-state index in [1.165, 1.54) is 0 Å². The van der Waals surface area contributed by atoms with Gasteiger partial charge in [0, 0.05) is 11.6 Å². The zero-order valence-corrected chi connectivity index (χ0v) is 12.2. The summed E-state index contributed by atoms with van der Waals surface area (Å²) in [6.07, 6.45) is -0.0111. The average molecular weight is 311 g/mol. The van der Waals surface area contributed by atoms with Gasteiger partial charge in [0.05, 0.1) is 18.4 Å². The molecule has 108 valence electrons. The van der Waals surface area contributed by atoms with Gasteiger partial charge in [-0.25, -0.2) is 17.5 Å². The highest BCUT2D eigenvalue weighted by molar-refractivity contribution is 7.89. The van der Waals surface area contributed by atoms with Gasteiger partial charge in [-0.1, -0.05) is 11.6 Å². The standard InChI is InChI=1S/C11H16ClFN2O3S/c1-7(2)18-4-3-15-19(16,17)10-6-8(12)5-9(14)11(10)13/h5-7,15H,3-4,14H2,1-2H3. The largest absolute Gasteiger partial charge is 0.396 e. The Morgan fingerprint density at radius 1 is 1.47 bits per heavy atom. The molecule has 0 radical (unpaired) electrons. The highest BCUT2D eigenvalue weighted by Gasteiger charge is 2.21. The predicted molar refractivity (Wildman–Crippen MR) is 72.1 cm³/mol. The van der Waals surface area contributed by atoms with Gasteiger partial charge in [-0.15, -0.1) is 0 Å². The third-order valence-electron chi connectivity index (χ3n) is 2.17. The van der Waals surface area contributed by atoms with E-state index >= 15 is 0 Å². The molecule has 0 aliphatic rings. The Balaban J connectivity index is 2.83. The molecule has 0 saturated carbocycles. The van der Waals surface area contributed by atoms with Crippen molar-refractivity contribution in [3.63, 3.8) is 0 Å². The first-order valence-corrected chi connectivity index (χ1v) is 7.46. The molecule has 3 N–H and O–H groups in total. The topological polar surface area (TPSA) is 81.4 Å². The third kappa shape index (κ3) is 4.61. The third-order valence-corrected chi connectivity index (χ3v) is 3.85. The fourth-order valence-corrected chi connectivity index (χ4v) is 2.76. The molecule has 0 heterocycles. The Kier molecular flexibility index (Phi) is 5.54. The molecular formula is C11H16ClFN2O3S. The number of rotatable bonds is 6. The van der Waals surface area contributed by atoms with E-state index in [4.69, 9.17) is 22.1 Å². The summed E-state index contributed by atoms with van der Waals surface area (Å²) >= 11 is 5.67. The number of nitrogen functional groups attached to an aromatic ring is 1. The number of ether oxygens (including phenoxy) is 1. The fourth-order valence-electron chi connectivity index (χ4n) is 1.33. The SMILES string of the molecule is CC(C)OCCNS(=O)(=O)c1cc(Cl)cc(N)c1F. The van der Waals surface area contributed by atoms with E-state index < -0.39 is 20.7 Å². The highest BCUT2D eigenvalue weighted by atomic mass is 35.5. The lowest BCUT2D eigenvalue weighted by molar-refractivity contribution is 0.0834. The maximum absolute atomic E-state index is 13.7. The van der Waals surface area contributed by atoms with Crippen molar-refractivity contribution in [1.29, 1.82) is 0 Å². The smallest absolute Gasteiger partial charge is 0.243 e. The van der Waals surface area contributed by atoms with Crippen molar-refractivity contribution in [2.75, 3.05) is 18.9 Å². The van der Waals surface area contributed by atoms with Crippen LogP contribution in [0.1, 0.15) is 13.8 Å². The van der Waals surface area contributed by atoms with Crippen LogP contribution in [0.4, 0.5) is 10.1 Å². The molecule has 0 spiro atoms. The Hall–Kier alpha value is -0.890. The van der Waals surface area contributed by atoms with Crippen LogP contribution in [0.3, 0.4) is 0 Å². The minimum Gasteiger partial charge on any atom is -0.396 e. The molecule has 8 heteroatoms. The Morgan fingerprint density at radius 3 is 2.68 bits per heavy atom. The second-order valence-electron chi connectivity index (χ2n) is 4.12. The van der Waals surface area contributed by atoms with Gasteiger partial charge in [0.15, 0.2) is 5.82 Å². The lowest BCUT2D eigenvalue weighted by Crippen LogP contribution is -2.29. The van der Waals surface area contributed by atoms with Crippen molar-refractivity contribution >= 4 is 27.3 Å². The van der Waals surface area contributed by atoms with E-state index in [0.717, 1.165) is 12.1 Å². The molecule has 19 heavy (non-hydrogen) atoms. The van der Waals surface area contributed by atoms with Gasteiger partial charge < -0.3 is 10.5 Å². The minimum absolute atomic E-state index is 0.0111. The minimum atomic E-state index is -4.00. The van der Waals surface area contributed by atoms with Gasteiger partial charge in [-0.3, -0.25) is 0 Å². The van der Waals surface area contributed by atoms with Gasteiger partial charge in [-0.05, 0) is 26.0 Å². The number of sulfonamides is 1.